The van der Waals surface area contributed by atoms with Crippen LogP contribution in [0.5, 0.6) is 5.75 Å². The van der Waals surface area contributed by atoms with E-state index in [2.05, 4.69) is 15.0 Å². The molecule has 1 aromatic heterocycles. The molecule has 0 aliphatic heterocycles. The van der Waals surface area contributed by atoms with E-state index in [1.54, 1.807) is 19.2 Å². The Bertz CT molecular complexity index is 723. The van der Waals surface area contributed by atoms with Crippen LogP contribution in [-0.2, 0) is 12.8 Å². The van der Waals surface area contributed by atoms with E-state index in [0.717, 1.165) is 24.8 Å². The number of aromatic carboxylic acids is 1. The molecule has 0 bridgehead atoms. The molecule has 5 nitrogen and oxygen atoms in total. The average Bonchev–Trinajstić information content (AvgIpc) is 2.61. The van der Waals surface area contributed by atoms with E-state index in [9.17, 15) is 13.6 Å². The number of carboxylic acids is 1. The van der Waals surface area contributed by atoms with Crippen LogP contribution < -0.4 is 10.1 Å². The number of carboxylic acid groups (broad SMARTS) is 1. The van der Waals surface area contributed by atoms with Gasteiger partial charge in [0, 0.05) is 13.2 Å². The van der Waals surface area contributed by atoms with Crippen molar-refractivity contribution < 1.29 is 23.4 Å². The second-order valence-corrected chi connectivity index (χ2v) is 5.49. The van der Waals surface area contributed by atoms with Gasteiger partial charge in [0.1, 0.15) is 5.75 Å². The van der Waals surface area contributed by atoms with Crippen molar-refractivity contribution in [2.24, 2.45) is 0 Å². The lowest BCUT2D eigenvalue weighted by Crippen LogP contribution is -2.05. The summed E-state index contributed by atoms with van der Waals surface area (Å²) >= 11 is 0. The van der Waals surface area contributed by atoms with E-state index >= 15 is 0 Å². The number of anilines is 1. The molecule has 25 heavy (non-hydrogen) atoms. The number of nitrogens with zero attached hydrogens (tertiary/aromatic N) is 1. The summed E-state index contributed by atoms with van der Waals surface area (Å²) in [5.41, 5.74) is 3.20. The Kier molecular flexibility index (Phi) is 6.68. The minimum Gasteiger partial charge on any atom is -0.478 e. The van der Waals surface area contributed by atoms with E-state index in [-0.39, 0.29) is 11.3 Å². The molecular formula is C18H20F2N2O3. The number of ether oxygens (including phenoxy) is 1. The number of pyridine rings is 1. The van der Waals surface area contributed by atoms with Crippen molar-refractivity contribution in [3.05, 3.63) is 53.3 Å². The fourth-order valence-electron chi connectivity index (χ4n) is 2.67. The summed E-state index contributed by atoms with van der Waals surface area (Å²) in [5, 5.41) is 11.4. The highest BCUT2D eigenvalue weighted by Gasteiger charge is 2.11. The van der Waals surface area contributed by atoms with Crippen molar-refractivity contribution in [1.29, 1.82) is 0 Å². The highest BCUT2D eigenvalue weighted by molar-refractivity contribution is 5.93. The van der Waals surface area contributed by atoms with Gasteiger partial charge in [0.25, 0.3) is 0 Å². The molecular weight excluding hydrogens is 330 g/mol. The van der Waals surface area contributed by atoms with Gasteiger partial charge in [-0.25, -0.2) is 4.79 Å². The molecule has 0 radical (unpaired) electrons. The predicted octanol–water partition coefficient (Wildman–Crippen LogP) is 3.99. The van der Waals surface area contributed by atoms with Gasteiger partial charge in [0.15, 0.2) is 0 Å². The Morgan fingerprint density at radius 1 is 1.24 bits per heavy atom. The summed E-state index contributed by atoms with van der Waals surface area (Å²) < 4.78 is 28.2. The maximum Gasteiger partial charge on any atom is 0.387 e. The summed E-state index contributed by atoms with van der Waals surface area (Å²) in [4.78, 5) is 14.3. The molecule has 0 fully saturated rings. The maximum atomic E-state index is 11.9. The van der Waals surface area contributed by atoms with Crippen LogP contribution in [0, 0.1) is 0 Å². The molecule has 0 atom stereocenters. The highest BCUT2D eigenvalue weighted by atomic mass is 19.3. The fraction of sp³-hybridized carbons (Fsp3) is 0.333. The predicted molar refractivity (Wildman–Crippen MR) is 90.5 cm³/mol. The number of fused-ring (bicyclic) bond motifs is 1. The first-order valence-electron chi connectivity index (χ1n) is 7.93. The summed E-state index contributed by atoms with van der Waals surface area (Å²) in [6, 6.07) is 6.71. The van der Waals surface area contributed by atoms with E-state index < -0.39 is 12.6 Å². The number of rotatable bonds is 4. The lowest BCUT2D eigenvalue weighted by molar-refractivity contribution is -0.0499. The zero-order valence-corrected chi connectivity index (χ0v) is 13.8. The Morgan fingerprint density at radius 3 is 2.56 bits per heavy atom. The fourth-order valence-corrected chi connectivity index (χ4v) is 2.67. The molecule has 1 aromatic carbocycles. The molecule has 134 valence electrons. The molecule has 7 heteroatoms. The van der Waals surface area contributed by atoms with Crippen LogP contribution in [0.25, 0.3) is 0 Å². The number of alkyl halides is 2. The molecule has 1 heterocycles. The standard InChI is InChI=1S/C11H12F2O.C7H8N2O2/c12-11(13)14-10-6-5-8-3-1-2-4-9(8)7-10;1-8-6-4-9-3-2-5(6)7(10)11/h5-7,11H,1-4H2;2-4,8H,1H3,(H,10,11). The zero-order chi connectivity index (χ0) is 18.2. The molecule has 1 aliphatic rings. The summed E-state index contributed by atoms with van der Waals surface area (Å²) in [7, 11) is 1.66. The van der Waals surface area contributed by atoms with Crippen LogP contribution in [0.4, 0.5) is 14.5 Å². The summed E-state index contributed by atoms with van der Waals surface area (Å²) in [5.74, 6) is -0.669. The van der Waals surface area contributed by atoms with Crippen LogP contribution in [-0.4, -0.2) is 29.7 Å². The Morgan fingerprint density at radius 2 is 1.96 bits per heavy atom. The van der Waals surface area contributed by atoms with Crippen LogP contribution in [0.2, 0.25) is 0 Å². The number of halogens is 2. The number of aromatic nitrogens is 1. The first-order valence-corrected chi connectivity index (χ1v) is 7.93. The van der Waals surface area contributed by atoms with Gasteiger partial charge in [0.2, 0.25) is 0 Å². The molecule has 0 unspecified atom stereocenters. The van der Waals surface area contributed by atoms with Gasteiger partial charge in [-0.1, -0.05) is 6.07 Å². The number of aryl methyl sites for hydroxylation is 2. The van der Waals surface area contributed by atoms with Crippen LogP contribution in [0.15, 0.2) is 36.7 Å². The third-order valence-corrected chi connectivity index (χ3v) is 3.87. The van der Waals surface area contributed by atoms with E-state index in [1.807, 2.05) is 6.07 Å². The largest absolute Gasteiger partial charge is 0.478 e. The molecule has 1 aliphatic carbocycles. The van der Waals surface area contributed by atoms with Gasteiger partial charge in [-0.2, -0.15) is 8.78 Å². The number of benzene rings is 1. The Balaban J connectivity index is 0.000000186. The van der Waals surface area contributed by atoms with Gasteiger partial charge >= 0.3 is 12.6 Å². The Labute approximate surface area is 144 Å². The molecule has 3 rings (SSSR count). The summed E-state index contributed by atoms with van der Waals surface area (Å²) in [6.07, 6.45) is 7.31. The van der Waals surface area contributed by atoms with Crippen molar-refractivity contribution in [2.75, 3.05) is 12.4 Å². The summed E-state index contributed by atoms with van der Waals surface area (Å²) in [6.45, 7) is -2.73. The average molecular weight is 350 g/mol. The number of nitrogens with one attached hydrogen (secondary N) is 1. The van der Waals surface area contributed by atoms with Gasteiger partial charge in [-0.05, 0) is 55.0 Å². The van der Waals surface area contributed by atoms with Gasteiger partial charge < -0.3 is 15.2 Å². The highest BCUT2D eigenvalue weighted by Crippen LogP contribution is 2.26. The molecule has 2 N–H and O–H groups in total. The topological polar surface area (TPSA) is 71.5 Å². The smallest absolute Gasteiger partial charge is 0.387 e. The van der Waals surface area contributed by atoms with Crippen molar-refractivity contribution in [3.63, 3.8) is 0 Å². The number of carbonyl (C=O) groups is 1. The van der Waals surface area contributed by atoms with Crippen LogP contribution in [0.3, 0.4) is 0 Å². The van der Waals surface area contributed by atoms with Gasteiger partial charge in [-0.15, -0.1) is 0 Å². The monoisotopic (exact) mass is 350 g/mol. The zero-order valence-electron chi connectivity index (χ0n) is 13.8. The van der Waals surface area contributed by atoms with E-state index in [4.69, 9.17) is 5.11 Å². The van der Waals surface area contributed by atoms with Crippen LogP contribution >= 0.6 is 0 Å². The van der Waals surface area contributed by atoms with Gasteiger partial charge in [-0.3, -0.25) is 4.98 Å². The second kappa shape index (κ2) is 8.96. The third kappa shape index (κ3) is 5.41. The first kappa shape index (κ1) is 18.6. The molecule has 0 saturated heterocycles. The van der Waals surface area contributed by atoms with Crippen molar-refractivity contribution >= 4 is 11.7 Å². The lowest BCUT2D eigenvalue weighted by atomic mass is 9.92. The quantitative estimate of drug-likeness (QED) is 0.872. The minimum absolute atomic E-state index is 0.238. The molecule has 2 aromatic rings. The molecule has 0 amide bonds. The van der Waals surface area contributed by atoms with Crippen molar-refractivity contribution in [3.8, 4) is 5.75 Å². The number of hydrogen-bond donors (Lipinski definition) is 2. The SMILES string of the molecule is CNc1cnccc1C(=O)O.FC(F)Oc1ccc2c(c1)CCCC2. The maximum absolute atomic E-state index is 11.9. The van der Waals surface area contributed by atoms with E-state index in [0.29, 0.717) is 5.69 Å². The van der Waals surface area contributed by atoms with Crippen LogP contribution in [0.1, 0.15) is 34.3 Å². The molecule has 0 saturated carbocycles. The van der Waals surface area contributed by atoms with Crippen molar-refractivity contribution in [2.45, 2.75) is 32.3 Å². The number of hydrogen-bond acceptors (Lipinski definition) is 4. The third-order valence-electron chi connectivity index (χ3n) is 3.87. The minimum atomic E-state index is -2.73. The Hall–Kier alpha value is -2.70. The second-order valence-electron chi connectivity index (χ2n) is 5.49. The van der Waals surface area contributed by atoms with Crippen molar-refractivity contribution in [1.82, 2.24) is 4.98 Å². The normalized spacial score (nSPS) is 12.6. The first-order chi connectivity index (χ1) is 12.0. The lowest BCUT2D eigenvalue weighted by Gasteiger charge is -2.16. The van der Waals surface area contributed by atoms with Gasteiger partial charge in [0.05, 0.1) is 17.4 Å². The van der Waals surface area contributed by atoms with E-state index in [1.165, 1.54) is 30.4 Å². The molecule has 0 spiro atoms.